The van der Waals surface area contributed by atoms with Gasteiger partial charge in [0, 0.05) is 19.6 Å². The molecule has 29 heavy (non-hydrogen) atoms. The zero-order chi connectivity index (χ0) is 21.3. The van der Waals surface area contributed by atoms with Gasteiger partial charge in [0.25, 0.3) is 0 Å². The van der Waals surface area contributed by atoms with Crippen LogP contribution >= 0.6 is 0 Å². The van der Waals surface area contributed by atoms with Crippen LogP contribution in [0.2, 0.25) is 0 Å². The van der Waals surface area contributed by atoms with Crippen molar-refractivity contribution in [3.8, 4) is 0 Å². The first-order valence-electron chi connectivity index (χ1n) is 12.2. The minimum Gasteiger partial charge on any atom is -0.466 e. The summed E-state index contributed by atoms with van der Waals surface area (Å²) in [6, 6.07) is 0. The van der Waals surface area contributed by atoms with Gasteiger partial charge in [-0.05, 0) is 19.3 Å². The third-order valence-electron chi connectivity index (χ3n) is 4.82. The number of carbonyl (C=O) groups is 1. The standard InChI is InChI=1S/C24H48O5/c1-3-5-7-9-11-13-17-26-20-22-28-23-21-27-18-15-16-24(25)29-19-14-12-10-8-6-4-2/h3-23H2,1-2H3. The van der Waals surface area contributed by atoms with Crippen molar-refractivity contribution in [2.45, 2.75) is 104 Å². The van der Waals surface area contributed by atoms with E-state index in [1.54, 1.807) is 0 Å². The maximum Gasteiger partial charge on any atom is 0.305 e. The Morgan fingerprint density at radius 2 is 0.897 bits per heavy atom. The van der Waals surface area contributed by atoms with Crippen molar-refractivity contribution in [2.75, 3.05) is 46.2 Å². The summed E-state index contributed by atoms with van der Waals surface area (Å²) in [6.07, 6.45) is 16.1. The second-order valence-corrected chi connectivity index (χ2v) is 7.70. The first kappa shape index (κ1) is 28.4. The van der Waals surface area contributed by atoms with Crippen LogP contribution in [0, 0.1) is 0 Å². The SMILES string of the molecule is CCCCCCCCOCCOCCOCCCC(=O)OCCCCCCCC. The van der Waals surface area contributed by atoms with E-state index in [0.717, 1.165) is 25.9 Å². The van der Waals surface area contributed by atoms with Crippen LogP contribution in [0.4, 0.5) is 0 Å². The Morgan fingerprint density at radius 3 is 1.45 bits per heavy atom. The average molecular weight is 417 g/mol. The van der Waals surface area contributed by atoms with Gasteiger partial charge in [-0.1, -0.05) is 78.1 Å². The maximum atomic E-state index is 11.6. The highest BCUT2D eigenvalue weighted by Crippen LogP contribution is 2.06. The molecule has 0 rings (SSSR count). The van der Waals surface area contributed by atoms with Crippen molar-refractivity contribution in [2.24, 2.45) is 0 Å². The molecular weight excluding hydrogens is 368 g/mol. The Labute approximate surface area is 180 Å². The number of esters is 1. The lowest BCUT2D eigenvalue weighted by atomic mass is 10.1. The fraction of sp³-hybridized carbons (Fsp3) is 0.958. The molecule has 0 fully saturated rings. The smallest absolute Gasteiger partial charge is 0.305 e. The van der Waals surface area contributed by atoms with Crippen LogP contribution in [-0.4, -0.2) is 52.2 Å². The molecule has 5 nitrogen and oxygen atoms in total. The van der Waals surface area contributed by atoms with E-state index in [0.29, 0.717) is 52.5 Å². The van der Waals surface area contributed by atoms with E-state index in [9.17, 15) is 4.79 Å². The van der Waals surface area contributed by atoms with Crippen LogP contribution in [0.1, 0.15) is 104 Å². The lowest BCUT2D eigenvalue weighted by molar-refractivity contribution is -0.144. The Kier molecular flexibility index (Phi) is 24.8. The summed E-state index contributed by atoms with van der Waals surface area (Å²) in [5.41, 5.74) is 0. The van der Waals surface area contributed by atoms with Gasteiger partial charge in [-0.25, -0.2) is 0 Å². The predicted octanol–water partition coefficient (Wildman–Crippen LogP) is 6.08. The Morgan fingerprint density at radius 1 is 0.483 bits per heavy atom. The largest absolute Gasteiger partial charge is 0.466 e. The Hall–Kier alpha value is -0.650. The van der Waals surface area contributed by atoms with Gasteiger partial charge in [0.05, 0.1) is 33.0 Å². The van der Waals surface area contributed by atoms with E-state index >= 15 is 0 Å². The van der Waals surface area contributed by atoms with Crippen LogP contribution in [0.5, 0.6) is 0 Å². The molecule has 0 atom stereocenters. The molecule has 0 aromatic rings. The van der Waals surface area contributed by atoms with Crippen molar-refractivity contribution in [3.05, 3.63) is 0 Å². The van der Waals surface area contributed by atoms with Crippen molar-refractivity contribution >= 4 is 5.97 Å². The molecular formula is C24H48O5. The summed E-state index contributed by atoms with van der Waals surface area (Å²) in [4.78, 5) is 11.6. The van der Waals surface area contributed by atoms with Crippen LogP contribution in [0.15, 0.2) is 0 Å². The molecule has 0 aliphatic heterocycles. The molecule has 0 heterocycles. The third kappa shape index (κ3) is 25.3. The maximum absolute atomic E-state index is 11.6. The first-order valence-corrected chi connectivity index (χ1v) is 12.2. The van der Waals surface area contributed by atoms with E-state index in [1.807, 2.05) is 0 Å². The van der Waals surface area contributed by atoms with Crippen molar-refractivity contribution < 1.29 is 23.7 Å². The summed E-state index contributed by atoms with van der Waals surface area (Å²) < 4.78 is 21.8. The quantitative estimate of drug-likeness (QED) is 0.141. The van der Waals surface area contributed by atoms with Gasteiger partial charge in [-0.3, -0.25) is 4.79 Å². The van der Waals surface area contributed by atoms with Crippen molar-refractivity contribution in [3.63, 3.8) is 0 Å². The second kappa shape index (κ2) is 25.4. The second-order valence-electron chi connectivity index (χ2n) is 7.70. The molecule has 0 aliphatic rings. The van der Waals surface area contributed by atoms with Crippen LogP contribution in [0.3, 0.4) is 0 Å². The van der Waals surface area contributed by atoms with E-state index < -0.39 is 0 Å². The van der Waals surface area contributed by atoms with Gasteiger partial charge in [0.1, 0.15) is 0 Å². The molecule has 0 unspecified atom stereocenters. The summed E-state index contributed by atoms with van der Waals surface area (Å²) in [5.74, 6) is -0.110. The number of unbranched alkanes of at least 4 members (excludes halogenated alkanes) is 10. The normalized spacial score (nSPS) is 11.1. The summed E-state index contributed by atoms with van der Waals surface area (Å²) in [5, 5.41) is 0. The summed E-state index contributed by atoms with van der Waals surface area (Å²) in [7, 11) is 0. The van der Waals surface area contributed by atoms with Gasteiger partial charge in [0.15, 0.2) is 0 Å². The van der Waals surface area contributed by atoms with Gasteiger partial charge >= 0.3 is 5.97 Å². The van der Waals surface area contributed by atoms with Gasteiger partial charge in [-0.15, -0.1) is 0 Å². The van der Waals surface area contributed by atoms with Crippen LogP contribution in [0.25, 0.3) is 0 Å². The van der Waals surface area contributed by atoms with E-state index in [-0.39, 0.29) is 5.97 Å². The molecule has 0 saturated heterocycles. The zero-order valence-corrected chi connectivity index (χ0v) is 19.4. The van der Waals surface area contributed by atoms with E-state index in [2.05, 4.69) is 13.8 Å². The molecule has 0 N–H and O–H groups in total. The Balaban J connectivity index is 3.11. The van der Waals surface area contributed by atoms with Gasteiger partial charge in [-0.2, -0.15) is 0 Å². The fourth-order valence-corrected chi connectivity index (χ4v) is 2.99. The number of hydrogen-bond donors (Lipinski definition) is 0. The van der Waals surface area contributed by atoms with Crippen LogP contribution in [-0.2, 0) is 23.7 Å². The molecule has 0 aromatic carbocycles. The van der Waals surface area contributed by atoms with Crippen molar-refractivity contribution in [1.29, 1.82) is 0 Å². The minimum atomic E-state index is -0.110. The topological polar surface area (TPSA) is 54.0 Å². The van der Waals surface area contributed by atoms with E-state index in [4.69, 9.17) is 18.9 Å². The lowest BCUT2D eigenvalue weighted by Gasteiger charge is -2.07. The number of hydrogen-bond acceptors (Lipinski definition) is 5. The van der Waals surface area contributed by atoms with Gasteiger partial charge < -0.3 is 18.9 Å². The first-order chi connectivity index (χ1) is 14.3. The summed E-state index contributed by atoms with van der Waals surface area (Å²) in [6.45, 7) is 8.82. The highest BCUT2D eigenvalue weighted by molar-refractivity contribution is 5.69. The highest BCUT2D eigenvalue weighted by atomic mass is 16.5. The number of carbonyl (C=O) groups excluding carboxylic acids is 1. The lowest BCUT2D eigenvalue weighted by Crippen LogP contribution is -2.11. The van der Waals surface area contributed by atoms with Crippen molar-refractivity contribution in [1.82, 2.24) is 0 Å². The Bertz CT molecular complexity index is 322. The summed E-state index contributed by atoms with van der Waals surface area (Å²) >= 11 is 0. The third-order valence-corrected chi connectivity index (χ3v) is 4.82. The van der Waals surface area contributed by atoms with Gasteiger partial charge in [0.2, 0.25) is 0 Å². The number of rotatable bonds is 24. The average Bonchev–Trinajstić information content (AvgIpc) is 2.72. The predicted molar refractivity (Wildman–Crippen MR) is 119 cm³/mol. The molecule has 0 saturated carbocycles. The minimum absolute atomic E-state index is 0.110. The molecule has 5 heteroatoms. The fourth-order valence-electron chi connectivity index (χ4n) is 2.99. The molecule has 174 valence electrons. The zero-order valence-electron chi connectivity index (χ0n) is 19.4. The molecule has 0 amide bonds. The molecule has 0 bridgehead atoms. The molecule has 0 aliphatic carbocycles. The van der Waals surface area contributed by atoms with Crippen LogP contribution < -0.4 is 0 Å². The molecule has 0 spiro atoms. The monoisotopic (exact) mass is 416 g/mol. The molecule has 0 aromatic heterocycles. The van der Waals surface area contributed by atoms with E-state index in [1.165, 1.54) is 57.8 Å². The number of ether oxygens (including phenoxy) is 4. The highest BCUT2D eigenvalue weighted by Gasteiger charge is 2.02. The molecule has 0 radical (unpaired) electrons.